The molecule has 0 amide bonds. The van der Waals surface area contributed by atoms with Gasteiger partial charge in [0.1, 0.15) is 29.7 Å². The first-order valence-electron chi connectivity index (χ1n) is 9.70. The van der Waals surface area contributed by atoms with Gasteiger partial charge in [-0.25, -0.2) is 4.39 Å². The molecule has 0 spiro atoms. The maximum Gasteiger partial charge on any atom is 0.207 e. The van der Waals surface area contributed by atoms with Crippen LogP contribution in [0.25, 0.3) is 0 Å². The molecule has 0 bridgehead atoms. The molecular weight excluding hydrogens is 375 g/mol. The van der Waals surface area contributed by atoms with Gasteiger partial charge in [0, 0.05) is 6.42 Å². The van der Waals surface area contributed by atoms with Crippen molar-refractivity contribution < 1.29 is 28.1 Å². The van der Waals surface area contributed by atoms with E-state index in [9.17, 15) is 9.18 Å². The molecule has 29 heavy (non-hydrogen) atoms. The van der Waals surface area contributed by atoms with E-state index >= 15 is 0 Å². The van der Waals surface area contributed by atoms with Gasteiger partial charge >= 0.3 is 0 Å². The number of hydrogen-bond acceptors (Lipinski definition) is 5. The van der Waals surface area contributed by atoms with Crippen LogP contribution in [0.2, 0.25) is 0 Å². The monoisotopic (exact) mass is 398 g/mol. The second-order valence-corrected chi connectivity index (χ2v) is 7.28. The predicted octanol–water partition coefficient (Wildman–Crippen LogP) is 4.41. The summed E-state index contributed by atoms with van der Waals surface area (Å²) in [5.41, 5.74) is 0.921. The van der Waals surface area contributed by atoms with E-state index < -0.39 is 0 Å². The Hall–Kier alpha value is -2.86. The van der Waals surface area contributed by atoms with Gasteiger partial charge in [0.2, 0.25) is 11.5 Å². The molecule has 1 saturated carbocycles. The largest absolute Gasteiger partial charge is 0.497 e. The van der Waals surface area contributed by atoms with E-state index in [0.29, 0.717) is 25.2 Å². The molecule has 0 aromatic heterocycles. The van der Waals surface area contributed by atoms with Crippen LogP contribution in [-0.4, -0.2) is 25.1 Å². The average molecular weight is 398 g/mol. The Morgan fingerprint density at radius 2 is 1.76 bits per heavy atom. The number of ketones is 1. The highest BCUT2D eigenvalue weighted by molar-refractivity contribution is 5.96. The van der Waals surface area contributed by atoms with Gasteiger partial charge in [-0.2, -0.15) is 0 Å². The van der Waals surface area contributed by atoms with Gasteiger partial charge in [-0.15, -0.1) is 0 Å². The molecule has 152 valence electrons. The van der Waals surface area contributed by atoms with Gasteiger partial charge < -0.3 is 18.9 Å². The number of rotatable bonds is 6. The topological polar surface area (TPSA) is 54.0 Å². The van der Waals surface area contributed by atoms with Crippen LogP contribution >= 0.6 is 0 Å². The molecular formula is C23H23FO5. The number of Topliss-reactive ketones (excluding diaryl/α,β-unsaturated/α-hetero) is 1. The van der Waals surface area contributed by atoms with Crippen molar-refractivity contribution in [1.29, 1.82) is 0 Å². The number of hydrogen-bond donors (Lipinski definition) is 0. The zero-order valence-corrected chi connectivity index (χ0v) is 16.2. The number of carbonyl (C=O) groups is 1. The summed E-state index contributed by atoms with van der Waals surface area (Å²) in [4.78, 5) is 12.8. The molecule has 2 aromatic rings. The van der Waals surface area contributed by atoms with Crippen molar-refractivity contribution >= 4 is 5.78 Å². The summed E-state index contributed by atoms with van der Waals surface area (Å²) in [6.07, 6.45) is 3.30. The molecule has 1 aliphatic heterocycles. The van der Waals surface area contributed by atoms with E-state index in [-0.39, 0.29) is 35.5 Å². The van der Waals surface area contributed by atoms with Gasteiger partial charge in [-0.1, -0.05) is 12.1 Å². The normalized spacial score (nSPS) is 23.6. The third-order valence-electron chi connectivity index (χ3n) is 5.36. The van der Waals surface area contributed by atoms with Crippen LogP contribution in [0, 0.1) is 11.7 Å². The fourth-order valence-electron chi connectivity index (χ4n) is 3.72. The second kappa shape index (κ2) is 8.66. The van der Waals surface area contributed by atoms with Gasteiger partial charge in [0.05, 0.1) is 25.7 Å². The fourth-order valence-corrected chi connectivity index (χ4v) is 3.72. The number of benzene rings is 2. The van der Waals surface area contributed by atoms with Crippen LogP contribution in [0.15, 0.2) is 60.6 Å². The standard InChI is InChI=1S/C23H23FO5/c1-26-17-6-8-18(9-7-17)29-22-14-28-21-12-19(10-11-20(21)23(22)25)27-13-15-2-4-16(24)5-3-15/h2-9,14,19-21H,10-13H2,1H3. The van der Waals surface area contributed by atoms with Crippen molar-refractivity contribution in [2.75, 3.05) is 7.11 Å². The quantitative estimate of drug-likeness (QED) is 0.722. The van der Waals surface area contributed by atoms with E-state index in [4.69, 9.17) is 18.9 Å². The molecule has 1 aliphatic carbocycles. The van der Waals surface area contributed by atoms with E-state index in [1.807, 2.05) is 0 Å². The Morgan fingerprint density at radius 3 is 2.48 bits per heavy atom. The van der Waals surface area contributed by atoms with E-state index in [2.05, 4.69) is 0 Å². The highest BCUT2D eigenvalue weighted by Gasteiger charge is 2.41. The van der Waals surface area contributed by atoms with Crippen LogP contribution in [0.1, 0.15) is 24.8 Å². The lowest BCUT2D eigenvalue weighted by Crippen LogP contribution is -2.42. The third kappa shape index (κ3) is 4.59. The molecule has 0 N–H and O–H groups in total. The molecule has 3 unspecified atom stereocenters. The first kappa shape index (κ1) is 19.5. The number of fused-ring (bicyclic) bond motifs is 1. The van der Waals surface area contributed by atoms with Crippen molar-refractivity contribution in [3.63, 3.8) is 0 Å². The number of halogens is 1. The van der Waals surface area contributed by atoms with Gasteiger partial charge in [0.15, 0.2) is 0 Å². The van der Waals surface area contributed by atoms with Crippen molar-refractivity contribution in [2.24, 2.45) is 5.92 Å². The van der Waals surface area contributed by atoms with E-state index in [1.165, 1.54) is 18.4 Å². The molecule has 1 heterocycles. The van der Waals surface area contributed by atoms with Crippen LogP contribution in [0.3, 0.4) is 0 Å². The van der Waals surface area contributed by atoms with Crippen LogP contribution in [-0.2, 0) is 20.9 Å². The zero-order valence-electron chi connectivity index (χ0n) is 16.2. The van der Waals surface area contributed by atoms with Crippen molar-refractivity contribution in [1.82, 2.24) is 0 Å². The molecule has 0 radical (unpaired) electrons. The van der Waals surface area contributed by atoms with Gasteiger partial charge in [-0.05, 0) is 54.8 Å². The fraction of sp³-hybridized carbons (Fsp3) is 0.348. The minimum Gasteiger partial charge on any atom is -0.497 e. The van der Waals surface area contributed by atoms with E-state index in [1.54, 1.807) is 43.5 Å². The molecule has 5 nitrogen and oxygen atoms in total. The number of methoxy groups -OCH3 is 1. The molecule has 6 heteroatoms. The highest BCUT2D eigenvalue weighted by atomic mass is 19.1. The molecule has 1 fully saturated rings. The van der Waals surface area contributed by atoms with Gasteiger partial charge in [0.25, 0.3) is 0 Å². The summed E-state index contributed by atoms with van der Waals surface area (Å²) >= 11 is 0. The molecule has 3 atom stereocenters. The van der Waals surface area contributed by atoms with Crippen molar-refractivity contribution in [2.45, 2.75) is 38.1 Å². The predicted molar refractivity (Wildman–Crippen MR) is 104 cm³/mol. The Labute approximate surface area is 169 Å². The Balaban J connectivity index is 1.33. The number of ether oxygens (including phenoxy) is 4. The average Bonchev–Trinajstić information content (AvgIpc) is 2.76. The zero-order chi connectivity index (χ0) is 20.2. The smallest absolute Gasteiger partial charge is 0.207 e. The molecule has 0 saturated heterocycles. The second-order valence-electron chi connectivity index (χ2n) is 7.28. The van der Waals surface area contributed by atoms with Crippen LogP contribution in [0.4, 0.5) is 4.39 Å². The summed E-state index contributed by atoms with van der Waals surface area (Å²) < 4.78 is 35.6. The SMILES string of the molecule is COc1ccc(OC2=COC3CC(OCc4ccc(F)cc4)CCC3C2=O)cc1. The van der Waals surface area contributed by atoms with E-state index in [0.717, 1.165) is 17.7 Å². The number of allylic oxidation sites excluding steroid dienone is 1. The summed E-state index contributed by atoms with van der Waals surface area (Å²) in [5, 5.41) is 0. The molecule has 2 aromatic carbocycles. The first-order chi connectivity index (χ1) is 14.1. The van der Waals surface area contributed by atoms with Crippen LogP contribution < -0.4 is 9.47 Å². The lowest BCUT2D eigenvalue weighted by Gasteiger charge is -2.37. The maximum atomic E-state index is 13.0. The Kier molecular flexibility index (Phi) is 5.81. The minimum absolute atomic E-state index is 0.00607. The third-order valence-corrected chi connectivity index (χ3v) is 5.36. The lowest BCUT2D eigenvalue weighted by atomic mass is 9.80. The number of carbonyl (C=O) groups excluding carboxylic acids is 1. The van der Waals surface area contributed by atoms with Crippen molar-refractivity contribution in [3.8, 4) is 11.5 Å². The minimum atomic E-state index is -0.261. The Morgan fingerprint density at radius 1 is 1.03 bits per heavy atom. The highest BCUT2D eigenvalue weighted by Crippen LogP contribution is 2.35. The maximum absolute atomic E-state index is 13.0. The summed E-state index contributed by atoms with van der Waals surface area (Å²) in [7, 11) is 1.59. The molecule has 2 aliphatic rings. The Bertz CT molecular complexity index is 875. The van der Waals surface area contributed by atoms with Crippen LogP contribution in [0.5, 0.6) is 11.5 Å². The summed E-state index contributed by atoms with van der Waals surface area (Å²) in [5.74, 6) is 0.984. The van der Waals surface area contributed by atoms with Gasteiger partial charge in [-0.3, -0.25) is 4.79 Å². The van der Waals surface area contributed by atoms with Crippen molar-refractivity contribution in [3.05, 3.63) is 71.9 Å². The summed E-state index contributed by atoms with van der Waals surface area (Å²) in [6.45, 7) is 0.415. The summed E-state index contributed by atoms with van der Waals surface area (Å²) in [6, 6.07) is 13.3. The molecule has 4 rings (SSSR count). The first-order valence-corrected chi connectivity index (χ1v) is 9.70. The lowest BCUT2D eigenvalue weighted by molar-refractivity contribution is -0.134.